The molecular weight excluding hydrogens is 937 g/mol. The van der Waals surface area contributed by atoms with Crippen LogP contribution in [0.2, 0.25) is 0 Å². The number of pyridine rings is 4. The Morgan fingerprint density at radius 3 is 1.75 bits per heavy atom. The van der Waals surface area contributed by atoms with E-state index in [0.717, 1.165) is 13.0 Å². The van der Waals surface area contributed by atoms with Crippen molar-refractivity contribution in [1.29, 1.82) is 0 Å². The third kappa shape index (κ3) is 11.5. The van der Waals surface area contributed by atoms with Crippen molar-refractivity contribution in [3.8, 4) is 23.3 Å². The fourth-order valence-electron chi connectivity index (χ4n) is 8.48. The summed E-state index contributed by atoms with van der Waals surface area (Å²) in [6, 6.07) is 13.5. The lowest BCUT2D eigenvalue weighted by molar-refractivity contribution is -0.122. The van der Waals surface area contributed by atoms with E-state index >= 15 is 0 Å². The number of ether oxygens (including phenoxy) is 5. The van der Waals surface area contributed by atoms with Crippen LogP contribution in [0.4, 0.5) is 11.6 Å². The van der Waals surface area contributed by atoms with Crippen molar-refractivity contribution in [1.82, 2.24) is 44.4 Å². The van der Waals surface area contributed by atoms with E-state index in [4.69, 9.17) is 29.4 Å². The number of amides is 2. The largest absolute Gasteiger partial charge is 0.484 e. The number of nitrogens with one attached hydrogen (secondary N) is 1. The molecule has 24 nitrogen and oxygen atoms in total. The van der Waals surface area contributed by atoms with E-state index < -0.39 is 6.10 Å². The van der Waals surface area contributed by atoms with Crippen LogP contribution >= 0.6 is 0 Å². The van der Waals surface area contributed by atoms with Crippen molar-refractivity contribution in [2.45, 2.75) is 75.9 Å². The van der Waals surface area contributed by atoms with E-state index in [1.165, 1.54) is 24.1 Å². The first-order chi connectivity index (χ1) is 34.8. The van der Waals surface area contributed by atoms with Crippen LogP contribution in [0, 0.1) is 0 Å². The van der Waals surface area contributed by atoms with Crippen LogP contribution in [0.15, 0.2) is 70.5 Å². The standard InChI is InChI=1S/C24H26N6O6.2C12H13N3O3/c1-35-21-5-2-17-24(28-21)29(23(34)11-26-17)7-6-15(31)10-25-14-8-22(33)30(12-14)20-4-3-19-18(27-20)9-16(32)13-36-19;1-17-10-3-2-9-12(14-10)15(11(16)6-13-9)5-4-8-7-18-8;13-7-3-12(17)15(5-7)11-2-1-10-9(14-11)4-8(16)6-18-10/h2-5,11,14-15,25,31H,6-10,12-13H2,1H3;2-3,6,8H,4-5,7H2,1H3;1-2,7H,3-6,13H2/t14-,15+;8-;7-/m101/s1. The number of epoxide rings is 1. The molecule has 3 fully saturated rings. The number of aliphatic hydroxyl groups is 1. The number of aliphatic hydroxyl groups excluding tert-OH is 1. The third-order valence-corrected chi connectivity index (χ3v) is 12.3. The highest BCUT2D eigenvalue weighted by Gasteiger charge is 2.33. The lowest BCUT2D eigenvalue weighted by atomic mass is 10.1. The van der Waals surface area contributed by atoms with Crippen molar-refractivity contribution in [2.24, 2.45) is 5.73 Å². The Labute approximate surface area is 410 Å². The molecule has 4 N–H and O–H groups in total. The van der Waals surface area contributed by atoms with Crippen molar-refractivity contribution in [3.63, 3.8) is 0 Å². The second-order valence-electron chi connectivity index (χ2n) is 17.6. The molecule has 2 amide bonds. The van der Waals surface area contributed by atoms with Gasteiger partial charge in [0.05, 0.1) is 69.7 Å². The van der Waals surface area contributed by atoms with Gasteiger partial charge < -0.3 is 39.8 Å². The number of hydrogen-bond acceptors (Lipinski definition) is 20. The quantitative estimate of drug-likeness (QED) is 0.129. The van der Waals surface area contributed by atoms with E-state index in [1.54, 1.807) is 70.0 Å². The number of Topliss-reactive ketones (excluding diaryl/α,β-unsaturated/α-hetero) is 2. The zero-order valence-electron chi connectivity index (χ0n) is 39.5. The molecule has 24 heteroatoms. The number of methoxy groups -OCH3 is 2. The molecule has 3 saturated heterocycles. The number of carbonyl (C=O) groups is 4. The lowest BCUT2D eigenvalue weighted by Gasteiger charge is -2.21. The number of hydrogen-bond donors (Lipinski definition) is 3. The topological polar surface area (TPSA) is 304 Å². The molecule has 0 radical (unpaired) electrons. The van der Waals surface area contributed by atoms with Gasteiger partial charge in [-0.25, -0.2) is 19.9 Å². The van der Waals surface area contributed by atoms with E-state index in [-0.39, 0.29) is 98.3 Å². The molecule has 6 aromatic rings. The van der Waals surface area contributed by atoms with E-state index in [2.05, 4.69) is 35.2 Å². The first-order valence-electron chi connectivity index (χ1n) is 23.3. The van der Waals surface area contributed by atoms with Crippen LogP contribution in [0.5, 0.6) is 23.3 Å². The Kier molecular flexibility index (Phi) is 14.8. The van der Waals surface area contributed by atoms with Crippen molar-refractivity contribution >= 4 is 57.3 Å². The van der Waals surface area contributed by atoms with Gasteiger partial charge in [0, 0.05) is 69.8 Å². The zero-order chi connectivity index (χ0) is 50.5. The number of anilines is 2. The fourth-order valence-corrected chi connectivity index (χ4v) is 8.48. The SMILES string of the molecule is COc1ccc2ncc(=O)n(CC[C@H](O)CN[C@@H]3CC(=O)N(c4ccc5c(n4)CC(=O)CO5)C3)c2n1.COc1ccc2ncc(=O)n(CC[C@H]3CO3)c2n1.N[C@@H]1CC(=O)N(c2ccc3c(n2)CC(=O)CO3)C1. The summed E-state index contributed by atoms with van der Waals surface area (Å²) in [6.07, 6.45) is 4.27. The molecule has 0 unspecified atom stereocenters. The van der Waals surface area contributed by atoms with Gasteiger partial charge in [-0.1, -0.05) is 0 Å². The Morgan fingerprint density at radius 1 is 0.708 bits per heavy atom. The molecule has 0 saturated carbocycles. The van der Waals surface area contributed by atoms with Gasteiger partial charge in [-0.3, -0.25) is 47.7 Å². The minimum absolute atomic E-state index is 0.00315. The van der Waals surface area contributed by atoms with Gasteiger partial charge in [-0.15, -0.1) is 0 Å². The molecule has 0 bridgehead atoms. The molecule has 5 aliphatic rings. The highest BCUT2D eigenvalue weighted by molar-refractivity contribution is 5.96. The van der Waals surface area contributed by atoms with Gasteiger partial charge in [0.15, 0.2) is 22.9 Å². The predicted molar refractivity (Wildman–Crippen MR) is 256 cm³/mol. The molecule has 0 spiro atoms. The maximum absolute atomic E-state index is 12.6. The second-order valence-corrected chi connectivity index (χ2v) is 17.6. The average Bonchev–Trinajstić information content (AvgIpc) is 4.05. The predicted octanol–water partition coefficient (Wildman–Crippen LogP) is 0.0838. The maximum atomic E-state index is 12.6. The van der Waals surface area contributed by atoms with Crippen molar-refractivity contribution in [2.75, 3.05) is 63.5 Å². The summed E-state index contributed by atoms with van der Waals surface area (Å²) in [5.74, 6) is 2.89. The minimum Gasteiger partial charge on any atom is -0.484 e. The number of fused-ring (bicyclic) bond motifs is 4. The molecule has 0 aliphatic carbocycles. The number of carbonyl (C=O) groups excluding carboxylic acids is 4. The van der Waals surface area contributed by atoms with Gasteiger partial charge in [0.2, 0.25) is 23.6 Å². The molecule has 4 atom stereocenters. The van der Waals surface area contributed by atoms with Crippen LogP contribution in [0.25, 0.3) is 22.3 Å². The van der Waals surface area contributed by atoms with Crippen LogP contribution < -0.4 is 50.9 Å². The first-order valence-corrected chi connectivity index (χ1v) is 23.3. The maximum Gasteiger partial charge on any atom is 0.270 e. The summed E-state index contributed by atoms with van der Waals surface area (Å²) in [5, 5.41) is 13.8. The summed E-state index contributed by atoms with van der Waals surface area (Å²) in [5.41, 5.74) is 8.60. The van der Waals surface area contributed by atoms with Gasteiger partial charge >= 0.3 is 0 Å². The molecule has 11 heterocycles. The fraction of sp³-hybridized carbons (Fsp3) is 0.417. The average molecular weight is 989 g/mol. The highest BCUT2D eigenvalue weighted by atomic mass is 16.6. The Balaban J connectivity index is 0.000000148. The molecular formula is C48H52N12O12. The Morgan fingerprint density at radius 2 is 1.24 bits per heavy atom. The number of aromatic nitrogens is 8. The molecule has 376 valence electrons. The number of nitrogens with two attached hydrogens (primary N) is 1. The van der Waals surface area contributed by atoms with Crippen molar-refractivity contribution in [3.05, 3.63) is 93.0 Å². The lowest BCUT2D eigenvalue weighted by Crippen LogP contribution is -2.38. The van der Waals surface area contributed by atoms with Gasteiger partial charge in [0.25, 0.3) is 11.1 Å². The molecule has 6 aromatic heterocycles. The van der Waals surface area contributed by atoms with Crippen molar-refractivity contribution < 1.29 is 48.0 Å². The van der Waals surface area contributed by atoms with Gasteiger partial charge in [-0.2, -0.15) is 9.97 Å². The number of ketones is 2. The summed E-state index contributed by atoms with van der Waals surface area (Å²) >= 11 is 0. The summed E-state index contributed by atoms with van der Waals surface area (Å²) in [4.78, 5) is 100. The number of aryl methyl sites for hydroxylation is 2. The number of rotatable bonds is 13. The van der Waals surface area contributed by atoms with Gasteiger partial charge in [-0.05, 0) is 49.2 Å². The monoisotopic (exact) mass is 988 g/mol. The Bertz CT molecular complexity index is 3160. The second kappa shape index (κ2) is 21.7. The van der Waals surface area contributed by atoms with E-state index in [9.17, 15) is 33.9 Å². The molecule has 11 rings (SSSR count). The van der Waals surface area contributed by atoms with E-state index in [0.29, 0.717) is 101 Å². The summed E-state index contributed by atoms with van der Waals surface area (Å²) in [6.45, 7) is 2.88. The minimum atomic E-state index is -0.750. The van der Waals surface area contributed by atoms with Gasteiger partial charge in [0.1, 0.15) is 47.4 Å². The Hall–Kier alpha value is -7.80. The first kappa shape index (κ1) is 49.2. The number of nitrogens with zero attached hydrogens (tertiary/aromatic N) is 10. The van der Waals surface area contributed by atoms with Crippen LogP contribution in [0.3, 0.4) is 0 Å². The van der Waals surface area contributed by atoms with Crippen LogP contribution in [0.1, 0.15) is 37.1 Å². The molecule has 72 heavy (non-hydrogen) atoms. The van der Waals surface area contributed by atoms with E-state index in [1.807, 2.05) is 0 Å². The third-order valence-electron chi connectivity index (χ3n) is 12.3. The normalized spacial score (nSPS) is 19.4. The molecule has 5 aliphatic heterocycles. The zero-order valence-corrected chi connectivity index (χ0v) is 39.5. The van der Waals surface area contributed by atoms with Crippen LogP contribution in [-0.2, 0) is 49.8 Å². The smallest absolute Gasteiger partial charge is 0.270 e. The highest BCUT2D eigenvalue weighted by Crippen LogP contribution is 2.29. The molecule has 0 aromatic carbocycles. The summed E-state index contributed by atoms with van der Waals surface area (Å²) in [7, 11) is 3.04. The van der Waals surface area contributed by atoms with Crippen LogP contribution in [-0.4, -0.2) is 145 Å². The summed E-state index contributed by atoms with van der Waals surface area (Å²) < 4.78 is 29.1.